The summed E-state index contributed by atoms with van der Waals surface area (Å²) in [6, 6.07) is -0.504. The maximum atomic E-state index is 13.1. The van der Waals surface area contributed by atoms with Crippen molar-refractivity contribution in [1.29, 1.82) is 0 Å². The molecule has 144 valence electrons. The summed E-state index contributed by atoms with van der Waals surface area (Å²) in [6.07, 6.45) is 3.19. The highest BCUT2D eigenvalue weighted by Gasteiger charge is 2.39. The van der Waals surface area contributed by atoms with E-state index < -0.39 is 25.9 Å². The van der Waals surface area contributed by atoms with Gasteiger partial charge in [-0.2, -0.15) is 9.40 Å². The normalized spacial score (nSPS) is 20.6. The van der Waals surface area contributed by atoms with Gasteiger partial charge in [-0.05, 0) is 26.4 Å². The third-order valence-corrected chi connectivity index (χ3v) is 8.34. The number of rotatable bonds is 9. The summed E-state index contributed by atoms with van der Waals surface area (Å²) in [5.41, 5.74) is 0. The lowest BCUT2D eigenvalue weighted by Gasteiger charge is -2.29. The van der Waals surface area contributed by atoms with E-state index in [4.69, 9.17) is 0 Å². The standard InChI is InChI=1S/C15H28N4O4S2/c1-4-17(5-2)8-9-19(14-7-10-24(20,21)13-14)25(22,23)15-11-16-18(6-3)12-15/h11-12,14H,4-10,13H2,1-3H3. The van der Waals surface area contributed by atoms with Crippen LogP contribution in [0, 0.1) is 0 Å². The number of sulfonamides is 1. The van der Waals surface area contributed by atoms with Crippen LogP contribution >= 0.6 is 0 Å². The molecule has 1 atom stereocenters. The van der Waals surface area contributed by atoms with Gasteiger partial charge in [0.2, 0.25) is 10.0 Å². The van der Waals surface area contributed by atoms with Crippen molar-refractivity contribution in [1.82, 2.24) is 19.0 Å². The molecule has 1 aliphatic heterocycles. The summed E-state index contributed by atoms with van der Waals surface area (Å²) in [4.78, 5) is 2.25. The van der Waals surface area contributed by atoms with Gasteiger partial charge in [0, 0.05) is 31.9 Å². The molecule has 8 nitrogen and oxygen atoms in total. The summed E-state index contributed by atoms with van der Waals surface area (Å²) >= 11 is 0. The molecule has 10 heteroatoms. The molecule has 1 aromatic rings. The van der Waals surface area contributed by atoms with Crippen molar-refractivity contribution in [2.75, 3.05) is 37.7 Å². The number of likely N-dealkylation sites (N-methyl/N-ethyl adjacent to an activating group) is 1. The van der Waals surface area contributed by atoms with Crippen LogP contribution in [-0.2, 0) is 26.4 Å². The average Bonchev–Trinajstić information content (AvgIpc) is 3.18. The molecule has 1 fully saturated rings. The maximum Gasteiger partial charge on any atom is 0.246 e. The average molecular weight is 393 g/mol. The fourth-order valence-electron chi connectivity index (χ4n) is 3.07. The molecule has 1 unspecified atom stereocenters. The lowest BCUT2D eigenvalue weighted by Crippen LogP contribution is -2.45. The first-order valence-corrected chi connectivity index (χ1v) is 12.0. The minimum Gasteiger partial charge on any atom is -0.303 e. The molecule has 2 rings (SSSR count). The van der Waals surface area contributed by atoms with E-state index in [-0.39, 0.29) is 22.9 Å². The van der Waals surface area contributed by atoms with Crippen molar-refractivity contribution in [3.8, 4) is 0 Å². The largest absolute Gasteiger partial charge is 0.303 e. The quantitative estimate of drug-likeness (QED) is 0.605. The Labute approximate surface area is 150 Å². The minimum absolute atomic E-state index is 0.0448. The van der Waals surface area contributed by atoms with E-state index in [1.165, 1.54) is 16.7 Å². The number of nitrogens with zero attached hydrogens (tertiary/aromatic N) is 4. The molecule has 1 saturated heterocycles. The fourth-order valence-corrected chi connectivity index (χ4v) is 6.49. The molecule has 0 radical (unpaired) electrons. The molecule has 2 heterocycles. The summed E-state index contributed by atoms with van der Waals surface area (Å²) in [5, 5.41) is 4.05. The second-order valence-electron chi connectivity index (χ2n) is 6.23. The van der Waals surface area contributed by atoms with Crippen LogP contribution in [0.5, 0.6) is 0 Å². The molecule has 0 aliphatic carbocycles. The third kappa shape index (κ3) is 4.81. The summed E-state index contributed by atoms with van der Waals surface area (Å²) in [7, 11) is -6.95. The molecule has 25 heavy (non-hydrogen) atoms. The molecular formula is C15H28N4O4S2. The van der Waals surface area contributed by atoms with Crippen LogP contribution in [0.4, 0.5) is 0 Å². The molecule has 0 bridgehead atoms. The zero-order chi connectivity index (χ0) is 18.7. The van der Waals surface area contributed by atoms with Crippen LogP contribution in [0.15, 0.2) is 17.3 Å². The van der Waals surface area contributed by atoms with Gasteiger partial charge in [-0.15, -0.1) is 0 Å². The predicted octanol–water partition coefficient (Wildman–Crippen LogP) is 0.423. The topological polar surface area (TPSA) is 92.6 Å². The second kappa shape index (κ2) is 8.15. The fraction of sp³-hybridized carbons (Fsp3) is 0.800. The van der Waals surface area contributed by atoms with Gasteiger partial charge in [0.05, 0.1) is 17.7 Å². The number of sulfone groups is 1. The first kappa shape index (κ1) is 20.3. The smallest absolute Gasteiger partial charge is 0.246 e. The zero-order valence-corrected chi connectivity index (χ0v) is 16.8. The Morgan fingerprint density at radius 2 is 1.92 bits per heavy atom. The van der Waals surface area contributed by atoms with Crippen molar-refractivity contribution in [3.63, 3.8) is 0 Å². The van der Waals surface area contributed by atoms with Crippen LogP contribution in [0.25, 0.3) is 0 Å². The minimum atomic E-state index is -3.78. The number of hydrogen-bond donors (Lipinski definition) is 0. The van der Waals surface area contributed by atoms with Gasteiger partial charge in [0.25, 0.3) is 0 Å². The van der Waals surface area contributed by atoms with Crippen LogP contribution in [-0.4, -0.2) is 79.5 Å². The predicted molar refractivity (Wildman–Crippen MR) is 96.6 cm³/mol. The molecular weight excluding hydrogens is 364 g/mol. The van der Waals surface area contributed by atoms with Crippen LogP contribution in [0.2, 0.25) is 0 Å². The van der Waals surface area contributed by atoms with Gasteiger partial charge in [-0.25, -0.2) is 16.8 Å². The van der Waals surface area contributed by atoms with E-state index in [0.717, 1.165) is 13.1 Å². The van der Waals surface area contributed by atoms with E-state index in [1.807, 2.05) is 20.8 Å². The Morgan fingerprint density at radius 3 is 2.40 bits per heavy atom. The van der Waals surface area contributed by atoms with Crippen molar-refractivity contribution >= 4 is 19.9 Å². The molecule has 0 saturated carbocycles. The summed E-state index contributed by atoms with van der Waals surface area (Å²) in [5.74, 6) is -0.0599. The van der Waals surface area contributed by atoms with Crippen LogP contribution in [0.1, 0.15) is 27.2 Å². The van der Waals surface area contributed by atoms with Gasteiger partial charge >= 0.3 is 0 Å². The highest BCUT2D eigenvalue weighted by Crippen LogP contribution is 2.24. The van der Waals surface area contributed by atoms with Gasteiger partial charge in [0.15, 0.2) is 9.84 Å². The summed E-state index contributed by atoms with van der Waals surface area (Å²) < 4.78 is 52.9. The highest BCUT2D eigenvalue weighted by molar-refractivity contribution is 7.92. The van der Waals surface area contributed by atoms with E-state index in [1.54, 1.807) is 4.68 Å². The number of hydrogen-bond acceptors (Lipinski definition) is 6. The Balaban J connectivity index is 2.29. The second-order valence-corrected chi connectivity index (χ2v) is 10.4. The van der Waals surface area contributed by atoms with Gasteiger partial charge in [-0.3, -0.25) is 4.68 Å². The molecule has 0 N–H and O–H groups in total. The Bertz CT molecular complexity index is 769. The van der Waals surface area contributed by atoms with E-state index in [9.17, 15) is 16.8 Å². The van der Waals surface area contributed by atoms with Crippen molar-refractivity contribution in [2.24, 2.45) is 0 Å². The van der Waals surface area contributed by atoms with E-state index in [0.29, 0.717) is 19.5 Å². The molecule has 0 aromatic carbocycles. The Morgan fingerprint density at radius 1 is 1.24 bits per heavy atom. The first-order chi connectivity index (χ1) is 11.7. The maximum absolute atomic E-state index is 13.1. The van der Waals surface area contributed by atoms with Crippen LogP contribution < -0.4 is 0 Å². The molecule has 0 spiro atoms. The highest BCUT2D eigenvalue weighted by atomic mass is 32.2. The lowest BCUT2D eigenvalue weighted by atomic mass is 10.2. The van der Waals surface area contributed by atoms with Crippen molar-refractivity contribution in [3.05, 3.63) is 12.4 Å². The first-order valence-electron chi connectivity index (χ1n) is 8.70. The SMILES string of the molecule is CCN(CC)CCN(C1CCS(=O)(=O)C1)S(=O)(=O)c1cnn(CC)c1. The van der Waals surface area contributed by atoms with Crippen LogP contribution in [0.3, 0.4) is 0 Å². The monoisotopic (exact) mass is 392 g/mol. The third-order valence-electron chi connectivity index (χ3n) is 4.69. The Hall–Kier alpha value is -0.970. The van der Waals surface area contributed by atoms with Crippen molar-refractivity contribution in [2.45, 2.75) is 44.7 Å². The van der Waals surface area contributed by atoms with Gasteiger partial charge in [0.1, 0.15) is 4.90 Å². The molecule has 1 aromatic heterocycles. The van der Waals surface area contributed by atoms with Gasteiger partial charge < -0.3 is 4.90 Å². The van der Waals surface area contributed by atoms with E-state index >= 15 is 0 Å². The molecule has 0 amide bonds. The van der Waals surface area contributed by atoms with Crippen molar-refractivity contribution < 1.29 is 16.8 Å². The van der Waals surface area contributed by atoms with Gasteiger partial charge in [-0.1, -0.05) is 13.8 Å². The number of aromatic nitrogens is 2. The lowest BCUT2D eigenvalue weighted by molar-refractivity contribution is 0.250. The Kier molecular flexibility index (Phi) is 6.63. The summed E-state index contributed by atoms with van der Waals surface area (Å²) in [6.45, 7) is 8.99. The van der Waals surface area contributed by atoms with E-state index in [2.05, 4.69) is 10.00 Å². The number of aryl methyl sites for hydroxylation is 1. The zero-order valence-electron chi connectivity index (χ0n) is 15.1. The molecule has 1 aliphatic rings.